The van der Waals surface area contributed by atoms with Gasteiger partial charge in [0.1, 0.15) is 18.0 Å². The van der Waals surface area contributed by atoms with Crippen molar-refractivity contribution >= 4 is 17.8 Å². The van der Waals surface area contributed by atoms with E-state index in [1.807, 2.05) is 67.6 Å². The van der Waals surface area contributed by atoms with E-state index in [9.17, 15) is 9.59 Å². The van der Waals surface area contributed by atoms with E-state index < -0.39 is 40.5 Å². The number of fused-ring (bicyclic) bond motifs is 1. The third kappa shape index (κ3) is 5.76. The Kier molecular flexibility index (Phi) is 8.34. The first-order chi connectivity index (χ1) is 20.5. The minimum atomic E-state index is -1.85. The van der Waals surface area contributed by atoms with Crippen molar-refractivity contribution in [2.24, 2.45) is 5.92 Å². The molecule has 43 heavy (non-hydrogen) atoms. The zero-order chi connectivity index (χ0) is 30.8. The van der Waals surface area contributed by atoms with Crippen molar-refractivity contribution in [2.45, 2.75) is 69.9 Å². The fourth-order valence-corrected chi connectivity index (χ4v) is 6.37. The van der Waals surface area contributed by atoms with Crippen molar-refractivity contribution in [3.63, 3.8) is 0 Å². The average molecular weight is 586 g/mol. The molecule has 0 aromatic heterocycles. The number of piperidine rings is 1. The zero-order valence-electron chi connectivity index (χ0n) is 25.4. The fraction of sp³-hybridized carbons (Fsp3) is 0.400. The van der Waals surface area contributed by atoms with Crippen LogP contribution in [0, 0.1) is 5.92 Å². The molecule has 8 nitrogen and oxygen atoms in total. The quantitative estimate of drug-likeness (QED) is 0.254. The lowest BCUT2D eigenvalue weighted by Gasteiger charge is -2.50. The number of esters is 2. The first-order valence-electron chi connectivity index (χ1n) is 14.6. The second-order valence-electron chi connectivity index (χ2n) is 12.3. The summed E-state index contributed by atoms with van der Waals surface area (Å²) in [5.74, 6) is -1.86. The van der Waals surface area contributed by atoms with Crippen LogP contribution < -0.4 is 4.74 Å². The Labute approximate surface area is 252 Å². The Morgan fingerprint density at radius 2 is 1.56 bits per heavy atom. The average Bonchev–Trinajstić information content (AvgIpc) is 3.33. The molecule has 226 valence electrons. The summed E-state index contributed by atoms with van der Waals surface area (Å²) in [4.78, 5) is 44.8. The summed E-state index contributed by atoms with van der Waals surface area (Å²) < 4.78 is 23.4. The molecule has 2 fully saturated rings. The van der Waals surface area contributed by atoms with Gasteiger partial charge in [-0.1, -0.05) is 72.8 Å². The number of methoxy groups -OCH3 is 1. The molecule has 1 unspecified atom stereocenters. The molecule has 0 spiro atoms. The third-order valence-corrected chi connectivity index (χ3v) is 8.33. The van der Waals surface area contributed by atoms with Gasteiger partial charge in [0.15, 0.2) is 11.1 Å². The molecule has 8 heteroatoms. The Bertz CT molecular complexity index is 1450. The molecule has 1 amide bonds. The topological polar surface area (TPSA) is 91.4 Å². The lowest BCUT2D eigenvalue weighted by Crippen LogP contribution is -2.66. The lowest BCUT2D eigenvalue weighted by atomic mass is 9.62. The third-order valence-electron chi connectivity index (χ3n) is 8.33. The number of carbonyl (C=O) groups is 3. The Morgan fingerprint density at radius 3 is 2.16 bits per heavy atom. The molecule has 0 bridgehead atoms. The first kappa shape index (κ1) is 30.3. The zero-order valence-corrected chi connectivity index (χ0v) is 25.4. The minimum absolute atomic E-state index is 0.0279. The van der Waals surface area contributed by atoms with E-state index in [0.29, 0.717) is 17.7 Å². The van der Waals surface area contributed by atoms with Gasteiger partial charge in [0.2, 0.25) is 5.91 Å². The van der Waals surface area contributed by atoms with Gasteiger partial charge in [-0.2, -0.15) is 0 Å². The highest BCUT2D eigenvalue weighted by atomic mass is 16.6. The van der Waals surface area contributed by atoms with Crippen LogP contribution in [0.2, 0.25) is 0 Å². The number of rotatable bonds is 8. The van der Waals surface area contributed by atoms with Gasteiger partial charge in [0, 0.05) is 11.5 Å². The van der Waals surface area contributed by atoms with Gasteiger partial charge in [0.25, 0.3) is 0 Å². The highest BCUT2D eigenvalue weighted by Crippen LogP contribution is 2.52. The summed E-state index contributed by atoms with van der Waals surface area (Å²) in [6.45, 7) is 7.46. The molecular formula is C35H39NO7. The van der Waals surface area contributed by atoms with Crippen LogP contribution in [-0.4, -0.2) is 48.1 Å². The number of hydrogen-bond donors (Lipinski definition) is 0. The summed E-state index contributed by atoms with van der Waals surface area (Å²) in [6.07, 6.45) is 0.182. The van der Waals surface area contributed by atoms with Crippen molar-refractivity contribution in [1.82, 2.24) is 4.90 Å². The Morgan fingerprint density at radius 1 is 0.930 bits per heavy atom. The minimum Gasteiger partial charge on any atom is -0.497 e. The monoisotopic (exact) mass is 585 g/mol. The van der Waals surface area contributed by atoms with E-state index in [1.165, 1.54) is 0 Å². The van der Waals surface area contributed by atoms with Crippen LogP contribution in [0.25, 0.3) is 0 Å². The molecule has 2 heterocycles. The fourth-order valence-electron chi connectivity index (χ4n) is 6.37. The standard InChI is InChI=1S/C35H39NO7/c1-33(2,3)43-30(37)21-27-20-28-23-42-34(4,25-14-10-7-11-15-25)36(28)31(38)35(27,26-16-18-29(40-5)19-17-26)32(39)41-22-24-12-8-6-9-13-24/h6-19,27-28H,20-23H2,1-5H3/t27-,28-,34-,35?/m0/s1. The summed E-state index contributed by atoms with van der Waals surface area (Å²) in [7, 11) is 1.55. The van der Waals surface area contributed by atoms with Crippen LogP contribution >= 0.6 is 0 Å². The molecular weight excluding hydrogens is 546 g/mol. The van der Waals surface area contributed by atoms with Crippen molar-refractivity contribution < 1.29 is 33.3 Å². The van der Waals surface area contributed by atoms with Gasteiger partial charge < -0.3 is 23.8 Å². The second-order valence-corrected chi connectivity index (χ2v) is 12.3. The van der Waals surface area contributed by atoms with Gasteiger partial charge >= 0.3 is 11.9 Å². The maximum Gasteiger partial charge on any atom is 0.326 e. The molecule has 2 aliphatic heterocycles. The highest BCUT2D eigenvalue weighted by molar-refractivity contribution is 6.10. The predicted molar refractivity (Wildman–Crippen MR) is 160 cm³/mol. The van der Waals surface area contributed by atoms with Gasteiger partial charge in [-0.25, -0.2) is 0 Å². The van der Waals surface area contributed by atoms with E-state index in [1.54, 1.807) is 57.0 Å². The van der Waals surface area contributed by atoms with Gasteiger partial charge in [-0.15, -0.1) is 0 Å². The van der Waals surface area contributed by atoms with Crippen molar-refractivity contribution in [3.05, 3.63) is 102 Å². The molecule has 0 radical (unpaired) electrons. The van der Waals surface area contributed by atoms with E-state index in [2.05, 4.69) is 0 Å². The highest BCUT2D eigenvalue weighted by Gasteiger charge is 2.66. The number of nitrogens with zero attached hydrogens (tertiary/aromatic N) is 1. The normalized spacial score (nSPS) is 25.1. The van der Waals surface area contributed by atoms with Crippen molar-refractivity contribution in [2.75, 3.05) is 13.7 Å². The van der Waals surface area contributed by atoms with Gasteiger partial charge in [-0.05, 0) is 57.4 Å². The number of benzene rings is 3. The van der Waals surface area contributed by atoms with Crippen LogP contribution in [0.15, 0.2) is 84.9 Å². The van der Waals surface area contributed by atoms with E-state index in [0.717, 1.165) is 11.1 Å². The summed E-state index contributed by atoms with van der Waals surface area (Å²) in [5, 5.41) is 0. The van der Waals surface area contributed by atoms with E-state index >= 15 is 4.79 Å². The summed E-state index contributed by atoms with van der Waals surface area (Å²) in [5.41, 5.74) is -1.72. The van der Waals surface area contributed by atoms with E-state index in [4.69, 9.17) is 18.9 Å². The number of carbonyl (C=O) groups excluding carboxylic acids is 3. The summed E-state index contributed by atoms with van der Waals surface area (Å²) >= 11 is 0. The van der Waals surface area contributed by atoms with Crippen LogP contribution in [0.5, 0.6) is 5.75 Å². The number of hydrogen-bond acceptors (Lipinski definition) is 7. The second kappa shape index (κ2) is 11.8. The first-order valence-corrected chi connectivity index (χ1v) is 14.6. The Balaban J connectivity index is 1.65. The van der Waals surface area contributed by atoms with Crippen LogP contribution in [0.3, 0.4) is 0 Å². The molecule has 4 atom stereocenters. The van der Waals surface area contributed by atoms with E-state index in [-0.39, 0.29) is 25.7 Å². The SMILES string of the molecule is COc1ccc(C2(C(=O)OCc3ccccc3)C(=O)N3[C@H](CO[C@@]3(C)c3ccccc3)C[C@H]2CC(=O)OC(C)(C)C)cc1. The van der Waals surface area contributed by atoms with Crippen LogP contribution in [-0.2, 0) is 46.3 Å². The number of ether oxygens (including phenoxy) is 4. The lowest BCUT2D eigenvalue weighted by molar-refractivity contribution is -0.179. The molecule has 0 aliphatic carbocycles. The molecule has 3 aromatic rings. The molecule has 2 saturated heterocycles. The predicted octanol–water partition coefficient (Wildman–Crippen LogP) is 5.53. The maximum atomic E-state index is 15.2. The molecule has 2 aliphatic rings. The molecule has 3 aromatic carbocycles. The smallest absolute Gasteiger partial charge is 0.326 e. The number of amides is 1. The van der Waals surface area contributed by atoms with Crippen molar-refractivity contribution in [1.29, 1.82) is 0 Å². The summed E-state index contributed by atoms with van der Waals surface area (Å²) in [6, 6.07) is 25.3. The van der Waals surface area contributed by atoms with Crippen molar-refractivity contribution in [3.8, 4) is 5.75 Å². The van der Waals surface area contributed by atoms with Gasteiger partial charge in [-0.3, -0.25) is 14.4 Å². The maximum absolute atomic E-state index is 15.2. The molecule has 5 rings (SSSR count). The largest absolute Gasteiger partial charge is 0.497 e. The van der Waals surface area contributed by atoms with Crippen LogP contribution in [0.4, 0.5) is 0 Å². The van der Waals surface area contributed by atoms with Gasteiger partial charge in [0.05, 0.1) is 26.2 Å². The van der Waals surface area contributed by atoms with Crippen LogP contribution in [0.1, 0.15) is 57.2 Å². The molecule has 0 N–H and O–H groups in total. The molecule has 0 saturated carbocycles. The Hall–Kier alpha value is -4.17.